The van der Waals surface area contributed by atoms with E-state index in [0.717, 1.165) is 12.1 Å². The molecule has 1 atom stereocenters. The Balaban J connectivity index is 1.72. The number of nitrogens with one attached hydrogen (secondary N) is 1. The molecule has 0 radical (unpaired) electrons. The fourth-order valence-corrected chi connectivity index (χ4v) is 3.45. The van der Waals surface area contributed by atoms with Gasteiger partial charge in [-0.1, -0.05) is 54.6 Å². The molecular weight excluding hydrogens is 302 g/mol. The van der Waals surface area contributed by atoms with Crippen LogP contribution >= 0.6 is 11.3 Å². The van der Waals surface area contributed by atoms with Crippen LogP contribution in [0, 0.1) is 0 Å². The van der Waals surface area contributed by atoms with Crippen LogP contribution in [0.1, 0.15) is 22.8 Å². The van der Waals surface area contributed by atoms with E-state index >= 15 is 0 Å². The number of para-hydroxylation sites is 1. The van der Waals surface area contributed by atoms with Gasteiger partial charge in [0.25, 0.3) is 0 Å². The van der Waals surface area contributed by atoms with Gasteiger partial charge in [-0.25, -0.2) is 0 Å². The standard InChI is InChI=1S/C20H19NOS/c22-20(21-18-10-5-2-6-11-18)15-17(14-19-12-7-13-23-19)16-8-3-1-4-9-16/h1-13,17H,14-15H2,(H,21,22). The van der Waals surface area contributed by atoms with Gasteiger partial charge in [0.2, 0.25) is 5.91 Å². The summed E-state index contributed by atoms with van der Waals surface area (Å²) in [6.07, 6.45) is 1.38. The fraction of sp³-hybridized carbons (Fsp3) is 0.150. The Morgan fingerprint density at radius 3 is 2.26 bits per heavy atom. The quantitative estimate of drug-likeness (QED) is 0.672. The molecule has 23 heavy (non-hydrogen) atoms. The topological polar surface area (TPSA) is 29.1 Å². The van der Waals surface area contributed by atoms with Crippen molar-refractivity contribution >= 4 is 22.9 Å². The minimum absolute atomic E-state index is 0.0570. The highest BCUT2D eigenvalue weighted by Gasteiger charge is 2.17. The van der Waals surface area contributed by atoms with Crippen molar-refractivity contribution in [3.63, 3.8) is 0 Å². The van der Waals surface area contributed by atoms with Gasteiger partial charge in [0, 0.05) is 17.0 Å². The van der Waals surface area contributed by atoms with Crippen LogP contribution in [-0.2, 0) is 11.2 Å². The summed E-state index contributed by atoms with van der Waals surface area (Å²) in [5.74, 6) is 0.250. The van der Waals surface area contributed by atoms with Crippen LogP contribution in [-0.4, -0.2) is 5.91 Å². The van der Waals surface area contributed by atoms with E-state index in [1.807, 2.05) is 48.5 Å². The predicted octanol–water partition coefficient (Wildman–Crippen LogP) is 5.10. The first kappa shape index (κ1) is 15.5. The molecule has 3 aromatic rings. The van der Waals surface area contributed by atoms with E-state index in [4.69, 9.17) is 0 Å². The van der Waals surface area contributed by atoms with E-state index in [1.165, 1.54) is 10.4 Å². The zero-order chi connectivity index (χ0) is 15.9. The van der Waals surface area contributed by atoms with Crippen LogP contribution in [0.5, 0.6) is 0 Å². The molecule has 0 spiro atoms. The summed E-state index contributed by atoms with van der Waals surface area (Å²) in [7, 11) is 0. The molecule has 1 N–H and O–H groups in total. The van der Waals surface area contributed by atoms with Crippen molar-refractivity contribution in [2.75, 3.05) is 5.32 Å². The summed E-state index contributed by atoms with van der Waals surface area (Å²) in [4.78, 5) is 13.7. The summed E-state index contributed by atoms with van der Waals surface area (Å²) in [6.45, 7) is 0. The van der Waals surface area contributed by atoms with E-state index in [1.54, 1.807) is 11.3 Å². The highest BCUT2D eigenvalue weighted by molar-refractivity contribution is 7.09. The SMILES string of the molecule is O=C(CC(Cc1cccs1)c1ccccc1)Nc1ccccc1. The van der Waals surface area contributed by atoms with Crippen molar-refractivity contribution < 1.29 is 4.79 Å². The van der Waals surface area contributed by atoms with Gasteiger partial charge in [0.1, 0.15) is 0 Å². The number of thiophene rings is 1. The first-order valence-corrected chi connectivity index (χ1v) is 8.61. The third-order valence-corrected chi connectivity index (χ3v) is 4.69. The number of amides is 1. The number of carbonyl (C=O) groups is 1. The van der Waals surface area contributed by atoms with Crippen LogP contribution in [0.25, 0.3) is 0 Å². The lowest BCUT2D eigenvalue weighted by Crippen LogP contribution is -2.16. The Hall–Kier alpha value is -2.39. The Morgan fingerprint density at radius 1 is 0.913 bits per heavy atom. The largest absolute Gasteiger partial charge is 0.326 e. The van der Waals surface area contributed by atoms with E-state index in [-0.39, 0.29) is 11.8 Å². The van der Waals surface area contributed by atoms with Crippen LogP contribution in [0.15, 0.2) is 78.2 Å². The second-order valence-electron chi connectivity index (χ2n) is 5.51. The first-order valence-electron chi connectivity index (χ1n) is 7.73. The van der Waals surface area contributed by atoms with Crippen molar-refractivity contribution in [3.05, 3.63) is 88.6 Å². The molecule has 2 nitrogen and oxygen atoms in total. The summed E-state index contributed by atoms with van der Waals surface area (Å²) in [5.41, 5.74) is 2.06. The van der Waals surface area contributed by atoms with Crippen molar-refractivity contribution in [3.8, 4) is 0 Å². The number of carbonyl (C=O) groups excluding carboxylic acids is 1. The monoisotopic (exact) mass is 321 g/mol. The highest BCUT2D eigenvalue weighted by Crippen LogP contribution is 2.27. The van der Waals surface area contributed by atoms with Crippen molar-refractivity contribution in [1.29, 1.82) is 0 Å². The van der Waals surface area contributed by atoms with Gasteiger partial charge in [-0.05, 0) is 41.5 Å². The molecule has 0 aliphatic heterocycles. The third kappa shape index (κ3) is 4.54. The van der Waals surface area contributed by atoms with E-state index < -0.39 is 0 Å². The second kappa shape index (κ2) is 7.75. The molecule has 0 saturated heterocycles. The molecular formula is C20H19NOS. The van der Waals surface area contributed by atoms with Gasteiger partial charge < -0.3 is 5.32 Å². The molecule has 116 valence electrons. The zero-order valence-electron chi connectivity index (χ0n) is 12.8. The number of hydrogen-bond acceptors (Lipinski definition) is 2. The second-order valence-corrected chi connectivity index (χ2v) is 6.54. The molecule has 3 rings (SSSR count). The van der Waals surface area contributed by atoms with Gasteiger partial charge in [0.15, 0.2) is 0 Å². The van der Waals surface area contributed by atoms with Crippen molar-refractivity contribution in [2.45, 2.75) is 18.8 Å². The molecule has 2 aromatic carbocycles. The number of rotatable bonds is 6. The molecule has 3 heteroatoms. The molecule has 0 bridgehead atoms. The van der Waals surface area contributed by atoms with Gasteiger partial charge >= 0.3 is 0 Å². The van der Waals surface area contributed by atoms with Crippen LogP contribution in [0.4, 0.5) is 5.69 Å². The maximum atomic E-state index is 12.4. The Labute approximate surface area is 140 Å². The Kier molecular flexibility index (Phi) is 5.22. The summed E-state index contributed by atoms with van der Waals surface area (Å²) < 4.78 is 0. The van der Waals surface area contributed by atoms with E-state index in [9.17, 15) is 4.79 Å². The van der Waals surface area contributed by atoms with E-state index in [0.29, 0.717) is 6.42 Å². The maximum Gasteiger partial charge on any atom is 0.224 e. The van der Waals surface area contributed by atoms with Gasteiger partial charge in [0.05, 0.1) is 0 Å². The fourth-order valence-electron chi connectivity index (χ4n) is 2.66. The average molecular weight is 321 g/mol. The molecule has 0 saturated carbocycles. The van der Waals surface area contributed by atoms with Gasteiger partial charge in [-0.15, -0.1) is 11.3 Å². The van der Waals surface area contributed by atoms with Gasteiger partial charge in [-0.3, -0.25) is 4.79 Å². The minimum Gasteiger partial charge on any atom is -0.326 e. The number of benzene rings is 2. The highest BCUT2D eigenvalue weighted by atomic mass is 32.1. The zero-order valence-corrected chi connectivity index (χ0v) is 13.6. The normalized spacial score (nSPS) is 11.8. The number of anilines is 1. The smallest absolute Gasteiger partial charge is 0.224 e. The first-order chi connectivity index (χ1) is 11.3. The van der Waals surface area contributed by atoms with Crippen molar-refractivity contribution in [1.82, 2.24) is 0 Å². The molecule has 1 aromatic heterocycles. The Morgan fingerprint density at radius 2 is 1.61 bits per heavy atom. The molecule has 0 fully saturated rings. The summed E-state index contributed by atoms with van der Waals surface area (Å²) in [5, 5.41) is 5.07. The van der Waals surface area contributed by atoms with E-state index in [2.05, 4.69) is 35.0 Å². The molecule has 1 unspecified atom stereocenters. The molecule has 1 heterocycles. The average Bonchev–Trinajstić information content (AvgIpc) is 3.09. The maximum absolute atomic E-state index is 12.4. The van der Waals surface area contributed by atoms with Crippen LogP contribution in [0.2, 0.25) is 0 Å². The van der Waals surface area contributed by atoms with Crippen LogP contribution in [0.3, 0.4) is 0 Å². The number of hydrogen-bond donors (Lipinski definition) is 1. The molecule has 1 amide bonds. The van der Waals surface area contributed by atoms with Crippen LogP contribution < -0.4 is 5.32 Å². The summed E-state index contributed by atoms with van der Waals surface area (Å²) >= 11 is 1.75. The summed E-state index contributed by atoms with van der Waals surface area (Å²) in [6, 6.07) is 24.1. The lowest BCUT2D eigenvalue weighted by molar-refractivity contribution is -0.116. The van der Waals surface area contributed by atoms with Crippen molar-refractivity contribution in [2.24, 2.45) is 0 Å². The molecule has 0 aliphatic rings. The Bertz CT molecular complexity index is 723. The molecule has 0 aliphatic carbocycles. The third-order valence-electron chi connectivity index (χ3n) is 3.79. The predicted molar refractivity (Wildman–Crippen MR) is 96.9 cm³/mol. The lowest BCUT2D eigenvalue weighted by atomic mass is 9.91. The minimum atomic E-state index is 0.0570. The lowest BCUT2D eigenvalue weighted by Gasteiger charge is -2.16. The van der Waals surface area contributed by atoms with Gasteiger partial charge in [-0.2, -0.15) is 0 Å².